The molecule has 0 aliphatic rings. The van der Waals surface area contributed by atoms with Gasteiger partial charge in [0.05, 0.1) is 0 Å². The number of ether oxygens (including phenoxy) is 1. The van der Waals surface area contributed by atoms with Crippen LogP contribution in [0.3, 0.4) is 0 Å². The van der Waals surface area contributed by atoms with Crippen molar-refractivity contribution in [2.45, 2.75) is 13.0 Å². The molecule has 0 aromatic carbocycles. The maximum Gasteiger partial charge on any atom is 0.170 e. The van der Waals surface area contributed by atoms with Crippen LogP contribution < -0.4 is 0 Å². The first-order valence-electron chi connectivity index (χ1n) is 2.22. The van der Waals surface area contributed by atoms with Crippen molar-refractivity contribution in [3.63, 3.8) is 0 Å². The highest BCUT2D eigenvalue weighted by molar-refractivity contribution is 4.87. The number of halogens is 1. The summed E-state index contributed by atoms with van der Waals surface area (Å²) in [5, 5.41) is 0. The molecule has 1 unspecified atom stereocenters. The van der Waals surface area contributed by atoms with Crippen LogP contribution in [-0.2, 0) is 9.68 Å². The van der Waals surface area contributed by atoms with E-state index in [9.17, 15) is 4.53 Å². The number of hydrogen-bond donors (Lipinski definition) is 0. The molecule has 8 heavy (non-hydrogen) atoms. The topological polar surface area (TPSA) is 18.5 Å². The maximum absolute atomic E-state index is 11.1. The molecule has 0 bridgehead atoms. The lowest BCUT2D eigenvalue weighted by Gasteiger charge is -2.05. The van der Waals surface area contributed by atoms with E-state index in [0.717, 1.165) is 0 Å². The van der Waals surface area contributed by atoms with Crippen molar-refractivity contribution in [3.8, 4) is 0 Å². The number of methoxy groups -OCH3 is 1. The first-order valence-corrected chi connectivity index (χ1v) is 2.22. The van der Waals surface area contributed by atoms with Crippen molar-refractivity contribution in [2.75, 3.05) is 7.11 Å². The molecule has 0 aliphatic heterocycles. The minimum absolute atomic E-state index is 0.00694. The summed E-state index contributed by atoms with van der Waals surface area (Å²) in [5.74, 6) is -0.00694. The summed E-state index contributed by atoms with van der Waals surface area (Å²) in [5.41, 5.74) is 0. The standard InChI is InChI=1S/C5H9FO2/c1-4(7-3)5(2)8-6/h4H,2H2,1,3H3. The van der Waals surface area contributed by atoms with Gasteiger partial charge in [-0.25, -0.2) is 0 Å². The predicted molar refractivity (Wildman–Crippen MR) is 27.8 cm³/mol. The van der Waals surface area contributed by atoms with Crippen molar-refractivity contribution >= 4 is 0 Å². The molecular formula is C5H9FO2. The van der Waals surface area contributed by atoms with Gasteiger partial charge >= 0.3 is 0 Å². The molecule has 0 spiro atoms. The summed E-state index contributed by atoms with van der Waals surface area (Å²) in [7, 11) is 1.45. The molecular weight excluding hydrogens is 111 g/mol. The quantitative estimate of drug-likeness (QED) is 0.524. The van der Waals surface area contributed by atoms with Gasteiger partial charge in [-0.1, -0.05) is 6.58 Å². The lowest BCUT2D eigenvalue weighted by molar-refractivity contribution is -0.108. The molecule has 1 atom stereocenters. The van der Waals surface area contributed by atoms with E-state index in [1.54, 1.807) is 6.92 Å². The normalized spacial score (nSPS) is 12.9. The molecule has 0 N–H and O–H groups in total. The molecule has 0 heterocycles. The Morgan fingerprint density at radius 3 is 2.38 bits per heavy atom. The van der Waals surface area contributed by atoms with Crippen LogP contribution in [0, 0.1) is 0 Å². The number of hydrogen-bond acceptors (Lipinski definition) is 2. The van der Waals surface area contributed by atoms with Gasteiger partial charge in [0, 0.05) is 11.6 Å². The Kier molecular flexibility index (Phi) is 3.19. The van der Waals surface area contributed by atoms with E-state index >= 15 is 0 Å². The van der Waals surface area contributed by atoms with Gasteiger partial charge in [-0.05, 0) is 6.92 Å². The molecule has 0 radical (unpaired) electrons. The SMILES string of the molecule is C=C(OF)C(C)OC. The van der Waals surface area contributed by atoms with E-state index in [1.165, 1.54) is 7.11 Å². The van der Waals surface area contributed by atoms with Crippen molar-refractivity contribution in [2.24, 2.45) is 0 Å². The molecule has 2 nitrogen and oxygen atoms in total. The van der Waals surface area contributed by atoms with Gasteiger partial charge < -0.3 is 4.74 Å². The minimum atomic E-state index is -0.375. The minimum Gasteiger partial charge on any atom is -0.374 e. The van der Waals surface area contributed by atoms with E-state index in [1.807, 2.05) is 0 Å². The maximum atomic E-state index is 11.1. The molecule has 0 saturated heterocycles. The Balaban J connectivity index is 3.46. The lowest BCUT2D eigenvalue weighted by Crippen LogP contribution is -2.07. The molecule has 48 valence electrons. The average molecular weight is 120 g/mol. The average Bonchev–Trinajstić information content (AvgIpc) is 1.84. The number of rotatable bonds is 3. The summed E-state index contributed by atoms with van der Waals surface area (Å²) in [4.78, 5) is 3.28. The zero-order valence-corrected chi connectivity index (χ0v) is 4.98. The molecule has 0 fully saturated rings. The molecule has 0 saturated carbocycles. The fraction of sp³-hybridized carbons (Fsp3) is 0.600. The highest BCUT2D eigenvalue weighted by Crippen LogP contribution is 2.03. The molecule has 3 heteroatoms. The Morgan fingerprint density at radius 2 is 2.25 bits per heavy atom. The van der Waals surface area contributed by atoms with E-state index in [0.29, 0.717) is 0 Å². The van der Waals surface area contributed by atoms with Gasteiger partial charge in [-0.2, -0.15) is 0 Å². The van der Waals surface area contributed by atoms with Gasteiger partial charge in [-0.3, -0.25) is 4.94 Å². The largest absolute Gasteiger partial charge is 0.374 e. The van der Waals surface area contributed by atoms with Crippen LogP contribution in [0.15, 0.2) is 12.3 Å². The summed E-state index contributed by atoms with van der Waals surface area (Å²) in [6.07, 6.45) is -0.375. The van der Waals surface area contributed by atoms with E-state index in [2.05, 4.69) is 16.3 Å². The van der Waals surface area contributed by atoms with Gasteiger partial charge in [0.2, 0.25) is 0 Å². The van der Waals surface area contributed by atoms with Crippen LogP contribution >= 0.6 is 0 Å². The second kappa shape index (κ2) is 3.43. The second-order valence-corrected chi connectivity index (χ2v) is 1.42. The Labute approximate surface area is 47.8 Å². The fourth-order valence-electron chi connectivity index (χ4n) is 0.194. The monoisotopic (exact) mass is 120 g/mol. The molecule has 0 aliphatic carbocycles. The Hall–Kier alpha value is -0.570. The van der Waals surface area contributed by atoms with Gasteiger partial charge in [0.25, 0.3) is 0 Å². The summed E-state index contributed by atoms with van der Waals surface area (Å²) in [6.45, 7) is 4.86. The summed E-state index contributed by atoms with van der Waals surface area (Å²) < 4.78 is 15.8. The highest BCUT2D eigenvalue weighted by atomic mass is 19.3. The third-order valence-corrected chi connectivity index (χ3v) is 0.906. The summed E-state index contributed by atoms with van der Waals surface area (Å²) >= 11 is 0. The highest BCUT2D eigenvalue weighted by Gasteiger charge is 2.04. The van der Waals surface area contributed by atoms with Gasteiger partial charge in [0.15, 0.2) is 5.76 Å². The summed E-state index contributed by atoms with van der Waals surface area (Å²) in [6, 6.07) is 0. The first-order chi connectivity index (χ1) is 3.72. The molecule has 0 rings (SSSR count). The predicted octanol–water partition coefficient (Wildman–Crippen LogP) is 1.44. The van der Waals surface area contributed by atoms with Crippen molar-refractivity contribution in [3.05, 3.63) is 12.3 Å². The van der Waals surface area contributed by atoms with Crippen LogP contribution in [-0.4, -0.2) is 13.2 Å². The van der Waals surface area contributed by atoms with Crippen LogP contribution in [0.5, 0.6) is 0 Å². The van der Waals surface area contributed by atoms with Crippen molar-refractivity contribution in [1.29, 1.82) is 0 Å². The zero-order chi connectivity index (χ0) is 6.57. The third kappa shape index (κ3) is 1.93. The second-order valence-electron chi connectivity index (χ2n) is 1.42. The Bertz CT molecular complexity index is 82.5. The lowest BCUT2D eigenvalue weighted by atomic mass is 10.4. The van der Waals surface area contributed by atoms with Crippen molar-refractivity contribution in [1.82, 2.24) is 0 Å². The third-order valence-electron chi connectivity index (χ3n) is 0.906. The zero-order valence-electron chi connectivity index (χ0n) is 4.98. The van der Waals surface area contributed by atoms with Crippen LogP contribution in [0.25, 0.3) is 0 Å². The Morgan fingerprint density at radius 1 is 1.75 bits per heavy atom. The van der Waals surface area contributed by atoms with Gasteiger partial charge in [-0.15, -0.1) is 0 Å². The fourth-order valence-corrected chi connectivity index (χ4v) is 0.194. The smallest absolute Gasteiger partial charge is 0.170 e. The molecule has 0 aromatic rings. The first kappa shape index (κ1) is 7.43. The van der Waals surface area contributed by atoms with E-state index in [-0.39, 0.29) is 11.9 Å². The molecule has 0 amide bonds. The van der Waals surface area contributed by atoms with Crippen LogP contribution in [0.2, 0.25) is 0 Å². The van der Waals surface area contributed by atoms with E-state index in [4.69, 9.17) is 0 Å². The van der Waals surface area contributed by atoms with Crippen LogP contribution in [0.1, 0.15) is 6.92 Å². The van der Waals surface area contributed by atoms with Gasteiger partial charge in [0.1, 0.15) is 6.10 Å². The van der Waals surface area contributed by atoms with Crippen molar-refractivity contribution < 1.29 is 14.2 Å². The molecule has 0 aromatic heterocycles. The van der Waals surface area contributed by atoms with Crippen LogP contribution in [0.4, 0.5) is 4.53 Å². The van der Waals surface area contributed by atoms with E-state index < -0.39 is 0 Å².